The first-order valence-electron chi connectivity index (χ1n) is 10.4. The fourth-order valence-electron chi connectivity index (χ4n) is 3.11. The van der Waals surface area contributed by atoms with Gasteiger partial charge in [0.1, 0.15) is 18.1 Å². The molecule has 0 saturated carbocycles. The lowest BCUT2D eigenvalue weighted by Gasteiger charge is -2.17. The Balaban J connectivity index is 1.60. The molecule has 2 aromatic carbocycles. The average molecular weight is 434 g/mol. The monoisotopic (exact) mass is 434 g/mol. The van der Waals surface area contributed by atoms with Gasteiger partial charge < -0.3 is 15.0 Å². The van der Waals surface area contributed by atoms with E-state index in [0.29, 0.717) is 5.75 Å². The number of nitrogens with zero attached hydrogens (tertiary/aromatic N) is 3. The van der Waals surface area contributed by atoms with Gasteiger partial charge in [0, 0.05) is 18.8 Å². The summed E-state index contributed by atoms with van der Waals surface area (Å²) in [5.74, 6) is -0.0869. The molecule has 0 spiro atoms. The summed E-state index contributed by atoms with van der Waals surface area (Å²) < 4.78 is 6.77. The van der Waals surface area contributed by atoms with Crippen LogP contribution in [0.15, 0.2) is 71.5 Å². The molecule has 1 heterocycles. The number of aromatic nitrogens is 2. The van der Waals surface area contributed by atoms with Crippen LogP contribution in [0.5, 0.6) is 5.75 Å². The average Bonchev–Trinajstić information content (AvgIpc) is 2.80. The maximum Gasteiger partial charge on any atom is 0.274 e. The molecule has 0 unspecified atom stereocenters. The van der Waals surface area contributed by atoms with E-state index >= 15 is 0 Å². The Hall–Kier alpha value is -3.94. The van der Waals surface area contributed by atoms with Gasteiger partial charge in [-0.2, -0.15) is 5.10 Å². The Morgan fingerprint density at radius 1 is 1.03 bits per heavy atom. The summed E-state index contributed by atoms with van der Waals surface area (Å²) in [6.07, 6.45) is 0.782. The van der Waals surface area contributed by atoms with E-state index in [1.807, 2.05) is 61.5 Å². The van der Waals surface area contributed by atoms with Gasteiger partial charge in [-0.05, 0) is 36.2 Å². The van der Waals surface area contributed by atoms with Crippen molar-refractivity contribution in [2.45, 2.75) is 19.9 Å². The number of anilines is 1. The minimum atomic E-state index is -0.457. The minimum Gasteiger partial charge on any atom is -0.492 e. The summed E-state index contributed by atoms with van der Waals surface area (Å²) in [5.41, 5.74) is 1.48. The van der Waals surface area contributed by atoms with Crippen LogP contribution in [0.4, 0.5) is 5.69 Å². The third-order valence-electron chi connectivity index (χ3n) is 4.80. The van der Waals surface area contributed by atoms with E-state index in [0.717, 1.165) is 17.7 Å². The first-order chi connectivity index (χ1) is 15.5. The molecular weight excluding hydrogens is 408 g/mol. The number of amides is 2. The highest BCUT2D eigenvalue weighted by atomic mass is 16.5. The largest absolute Gasteiger partial charge is 0.492 e. The molecule has 3 aromatic rings. The highest BCUT2D eigenvalue weighted by molar-refractivity contribution is 5.98. The van der Waals surface area contributed by atoms with Crippen molar-refractivity contribution < 1.29 is 14.3 Å². The molecule has 0 atom stereocenters. The summed E-state index contributed by atoms with van der Waals surface area (Å²) >= 11 is 0. The van der Waals surface area contributed by atoms with E-state index in [1.165, 1.54) is 28.8 Å². The molecule has 2 amide bonds. The zero-order valence-corrected chi connectivity index (χ0v) is 18.2. The molecule has 0 fully saturated rings. The van der Waals surface area contributed by atoms with Gasteiger partial charge in [0.05, 0.1) is 13.1 Å². The van der Waals surface area contributed by atoms with Crippen molar-refractivity contribution in [1.82, 2.24) is 14.7 Å². The van der Waals surface area contributed by atoms with Gasteiger partial charge in [-0.3, -0.25) is 14.4 Å². The molecule has 166 valence electrons. The lowest BCUT2D eigenvalue weighted by molar-refractivity contribution is -0.116. The van der Waals surface area contributed by atoms with Crippen molar-refractivity contribution >= 4 is 17.5 Å². The van der Waals surface area contributed by atoms with Crippen LogP contribution >= 0.6 is 0 Å². The van der Waals surface area contributed by atoms with Gasteiger partial charge >= 0.3 is 0 Å². The molecule has 0 saturated heterocycles. The highest BCUT2D eigenvalue weighted by Crippen LogP contribution is 2.15. The summed E-state index contributed by atoms with van der Waals surface area (Å²) in [5, 5.41) is 6.98. The van der Waals surface area contributed by atoms with E-state index in [4.69, 9.17) is 4.74 Å². The summed E-state index contributed by atoms with van der Waals surface area (Å²) in [4.78, 5) is 38.5. The van der Waals surface area contributed by atoms with E-state index < -0.39 is 5.91 Å². The van der Waals surface area contributed by atoms with Crippen LogP contribution in [-0.2, 0) is 17.8 Å². The number of aryl methyl sites for hydroxylation is 1. The number of nitrogens with one attached hydrogen (secondary N) is 1. The number of carbonyl (C=O) groups is 2. The van der Waals surface area contributed by atoms with Crippen molar-refractivity contribution in [3.05, 3.63) is 88.3 Å². The fourth-order valence-corrected chi connectivity index (χ4v) is 3.11. The quantitative estimate of drug-likeness (QED) is 0.559. The van der Waals surface area contributed by atoms with E-state index in [9.17, 15) is 14.4 Å². The zero-order valence-electron chi connectivity index (χ0n) is 18.2. The van der Waals surface area contributed by atoms with Gasteiger partial charge in [-0.1, -0.05) is 43.3 Å². The molecule has 32 heavy (non-hydrogen) atoms. The molecule has 0 bridgehead atoms. The van der Waals surface area contributed by atoms with Crippen molar-refractivity contribution in [3.8, 4) is 5.75 Å². The molecule has 1 N–H and O–H groups in total. The number of carbonyl (C=O) groups excluding carboxylic acids is 2. The highest BCUT2D eigenvalue weighted by Gasteiger charge is 2.18. The predicted molar refractivity (Wildman–Crippen MR) is 122 cm³/mol. The van der Waals surface area contributed by atoms with Crippen molar-refractivity contribution in [2.24, 2.45) is 0 Å². The number of rotatable bonds is 9. The van der Waals surface area contributed by atoms with Crippen LogP contribution in [0.2, 0.25) is 0 Å². The first-order valence-corrected chi connectivity index (χ1v) is 10.4. The van der Waals surface area contributed by atoms with E-state index in [1.54, 1.807) is 0 Å². The second kappa shape index (κ2) is 10.9. The summed E-state index contributed by atoms with van der Waals surface area (Å²) in [7, 11) is 1.52. The molecule has 0 aliphatic carbocycles. The van der Waals surface area contributed by atoms with Crippen LogP contribution in [0.25, 0.3) is 0 Å². The number of hydrogen-bond donors (Lipinski definition) is 1. The van der Waals surface area contributed by atoms with Gasteiger partial charge in [0.2, 0.25) is 5.91 Å². The third kappa shape index (κ3) is 6.04. The molecule has 0 aliphatic heterocycles. The van der Waals surface area contributed by atoms with Gasteiger partial charge in [0.15, 0.2) is 0 Å². The number of benzene rings is 2. The first kappa shape index (κ1) is 22.7. The Morgan fingerprint density at radius 2 is 1.75 bits per heavy atom. The molecule has 1 aromatic heterocycles. The summed E-state index contributed by atoms with van der Waals surface area (Å²) in [6, 6.07) is 19.4. The van der Waals surface area contributed by atoms with Gasteiger partial charge in [-0.15, -0.1) is 0 Å². The maximum atomic E-state index is 12.8. The third-order valence-corrected chi connectivity index (χ3v) is 4.80. The Labute approximate surface area is 186 Å². The number of hydrogen-bond acceptors (Lipinski definition) is 5. The second-order valence-corrected chi connectivity index (χ2v) is 7.16. The number of ether oxygens (including phenoxy) is 1. The number of likely N-dealkylation sites (N-methyl/N-ethyl adjacent to an activating group) is 1. The Kier molecular flexibility index (Phi) is 7.75. The van der Waals surface area contributed by atoms with Crippen LogP contribution in [0, 0.1) is 0 Å². The van der Waals surface area contributed by atoms with Crippen LogP contribution < -0.4 is 15.6 Å². The molecule has 8 heteroatoms. The molecule has 0 radical (unpaired) electrons. The van der Waals surface area contributed by atoms with Crippen LogP contribution in [0.1, 0.15) is 23.0 Å². The van der Waals surface area contributed by atoms with E-state index in [-0.39, 0.29) is 36.9 Å². The van der Waals surface area contributed by atoms with Crippen molar-refractivity contribution in [1.29, 1.82) is 0 Å². The predicted octanol–water partition coefficient (Wildman–Crippen LogP) is 2.60. The summed E-state index contributed by atoms with van der Waals surface area (Å²) in [6.45, 7) is 2.28. The molecule has 3 rings (SSSR count). The normalized spacial score (nSPS) is 10.4. The Morgan fingerprint density at radius 3 is 2.50 bits per heavy atom. The van der Waals surface area contributed by atoms with Crippen LogP contribution in [-0.4, -0.2) is 46.7 Å². The smallest absolute Gasteiger partial charge is 0.274 e. The van der Waals surface area contributed by atoms with Gasteiger partial charge in [0.25, 0.3) is 11.5 Å². The minimum absolute atomic E-state index is 0.0774. The standard InChI is InChI=1S/C24H26N4O4/c1-3-18-9-7-8-12-20(18)25-22(29)17-27(2)24(31)21-13-14-23(30)28(26-21)15-16-32-19-10-5-4-6-11-19/h4-14H,3,15-17H2,1-2H3,(H,25,29). The Bertz CT molecular complexity index is 1130. The van der Waals surface area contributed by atoms with E-state index in [2.05, 4.69) is 10.4 Å². The molecule has 0 aliphatic rings. The second-order valence-electron chi connectivity index (χ2n) is 7.16. The van der Waals surface area contributed by atoms with Crippen molar-refractivity contribution in [3.63, 3.8) is 0 Å². The SMILES string of the molecule is CCc1ccccc1NC(=O)CN(C)C(=O)c1ccc(=O)n(CCOc2ccccc2)n1. The zero-order chi connectivity index (χ0) is 22.9. The van der Waals surface area contributed by atoms with Crippen molar-refractivity contribution in [2.75, 3.05) is 25.5 Å². The lowest BCUT2D eigenvalue weighted by Crippen LogP contribution is -2.37. The molecular formula is C24H26N4O4. The van der Waals surface area contributed by atoms with Crippen LogP contribution in [0.3, 0.4) is 0 Å². The number of para-hydroxylation sites is 2. The fraction of sp³-hybridized carbons (Fsp3) is 0.250. The molecule has 8 nitrogen and oxygen atoms in total. The maximum absolute atomic E-state index is 12.8. The lowest BCUT2D eigenvalue weighted by atomic mass is 10.1. The topological polar surface area (TPSA) is 93.5 Å². The van der Waals surface area contributed by atoms with Gasteiger partial charge in [-0.25, -0.2) is 4.68 Å².